The number of carbonyl (C=O) groups is 1. The molecule has 0 radical (unpaired) electrons. The van der Waals surface area contributed by atoms with E-state index in [-0.39, 0.29) is 23.9 Å². The van der Waals surface area contributed by atoms with E-state index in [1.807, 2.05) is 6.07 Å². The first-order valence-electron chi connectivity index (χ1n) is 9.97. The Labute approximate surface area is 188 Å². The molecule has 6 nitrogen and oxygen atoms in total. The van der Waals surface area contributed by atoms with Gasteiger partial charge in [-0.15, -0.1) is 0 Å². The van der Waals surface area contributed by atoms with Crippen molar-refractivity contribution in [1.82, 2.24) is 20.1 Å². The lowest BCUT2D eigenvalue weighted by molar-refractivity contribution is 0.0728. The SMILES string of the molecule is Cc1cc(O)c(-c2n[nH]c3c2[C@H](c2ccccc2F)N(Cc2cccnc2)C3=O)cc1Cl. The van der Waals surface area contributed by atoms with Gasteiger partial charge in [0.15, 0.2) is 0 Å². The summed E-state index contributed by atoms with van der Waals surface area (Å²) in [7, 11) is 0. The van der Waals surface area contributed by atoms with Crippen LogP contribution in [0.2, 0.25) is 5.02 Å². The van der Waals surface area contributed by atoms with Crippen LogP contribution in [0.1, 0.15) is 38.8 Å². The van der Waals surface area contributed by atoms with E-state index in [4.69, 9.17) is 11.6 Å². The lowest BCUT2D eigenvalue weighted by Crippen LogP contribution is -2.29. The number of pyridine rings is 1. The van der Waals surface area contributed by atoms with Crippen LogP contribution in [0.5, 0.6) is 5.75 Å². The van der Waals surface area contributed by atoms with E-state index in [0.717, 1.165) is 5.56 Å². The van der Waals surface area contributed by atoms with Crippen LogP contribution in [0.15, 0.2) is 60.9 Å². The van der Waals surface area contributed by atoms with Gasteiger partial charge in [0.2, 0.25) is 0 Å². The summed E-state index contributed by atoms with van der Waals surface area (Å²) in [5.74, 6) is -0.771. The predicted octanol–water partition coefficient (Wildman–Crippen LogP) is 5.02. The Morgan fingerprint density at radius 2 is 2.03 bits per heavy atom. The van der Waals surface area contributed by atoms with E-state index in [1.54, 1.807) is 60.6 Å². The Bertz CT molecular complexity index is 1340. The van der Waals surface area contributed by atoms with Gasteiger partial charge in [0.1, 0.15) is 23.0 Å². The number of phenols is 1. The van der Waals surface area contributed by atoms with Crippen molar-refractivity contribution in [2.75, 3.05) is 0 Å². The number of nitrogens with zero attached hydrogens (tertiary/aromatic N) is 3. The van der Waals surface area contributed by atoms with Crippen LogP contribution in [-0.4, -0.2) is 31.1 Å². The van der Waals surface area contributed by atoms with Gasteiger partial charge >= 0.3 is 0 Å². The van der Waals surface area contributed by atoms with Gasteiger partial charge in [-0.05, 0) is 42.3 Å². The van der Waals surface area contributed by atoms with Gasteiger partial charge in [-0.2, -0.15) is 5.10 Å². The minimum absolute atomic E-state index is 0.0216. The van der Waals surface area contributed by atoms with E-state index >= 15 is 0 Å². The van der Waals surface area contributed by atoms with Crippen LogP contribution in [-0.2, 0) is 6.54 Å². The van der Waals surface area contributed by atoms with Crippen LogP contribution in [0.3, 0.4) is 0 Å². The molecule has 2 aromatic heterocycles. The molecule has 0 saturated carbocycles. The number of nitrogens with one attached hydrogen (secondary N) is 1. The van der Waals surface area contributed by atoms with Gasteiger partial charge < -0.3 is 10.0 Å². The number of hydrogen-bond acceptors (Lipinski definition) is 4. The Balaban J connectivity index is 1.70. The molecule has 2 N–H and O–H groups in total. The number of aromatic amines is 1. The van der Waals surface area contributed by atoms with Crippen molar-refractivity contribution in [2.45, 2.75) is 19.5 Å². The number of rotatable bonds is 4. The Morgan fingerprint density at radius 1 is 1.22 bits per heavy atom. The number of amides is 1. The Hall–Kier alpha value is -3.71. The average molecular weight is 449 g/mol. The Kier molecular flexibility index (Phi) is 4.90. The number of fused-ring (bicyclic) bond motifs is 1. The molecule has 0 unspecified atom stereocenters. The fourth-order valence-electron chi connectivity index (χ4n) is 4.13. The Morgan fingerprint density at radius 3 is 2.78 bits per heavy atom. The standard InChI is InChI=1S/C24H18ClFN4O2/c1-13-9-19(31)16(10-17(13)25)21-20-22(29-28-21)24(32)30(12-14-5-4-8-27-11-14)23(20)15-6-2-3-7-18(15)26/h2-11,23,31H,12H2,1H3,(H,28,29)/t23-/m0/s1. The first-order chi connectivity index (χ1) is 15.5. The van der Waals surface area contributed by atoms with Gasteiger partial charge in [-0.25, -0.2) is 4.39 Å². The van der Waals surface area contributed by atoms with Gasteiger partial charge in [0.25, 0.3) is 5.91 Å². The second kappa shape index (κ2) is 7.76. The maximum absolute atomic E-state index is 15.0. The van der Waals surface area contributed by atoms with Crippen LogP contribution in [0.4, 0.5) is 4.39 Å². The highest BCUT2D eigenvalue weighted by Crippen LogP contribution is 2.46. The van der Waals surface area contributed by atoms with E-state index in [9.17, 15) is 14.3 Å². The number of hydrogen-bond donors (Lipinski definition) is 2. The minimum Gasteiger partial charge on any atom is -0.507 e. The molecule has 160 valence electrons. The fraction of sp³-hybridized carbons (Fsp3) is 0.125. The van der Waals surface area contributed by atoms with Crippen molar-refractivity contribution >= 4 is 17.5 Å². The van der Waals surface area contributed by atoms with Crippen LogP contribution in [0, 0.1) is 12.7 Å². The summed E-state index contributed by atoms with van der Waals surface area (Å²) >= 11 is 6.30. The molecule has 0 bridgehead atoms. The number of aryl methyl sites for hydroxylation is 1. The van der Waals surface area contributed by atoms with Crippen LogP contribution >= 0.6 is 11.6 Å². The maximum Gasteiger partial charge on any atom is 0.273 e. The quantitative estimate of drug-likeness (QED) is 0.459. The lowest BCUT2D eigenvalue weighted by Gasteiger charge is -2.26. The highest BCUT2D eigenvalue weighted by Gasteiger charge is 2.43. The van der Waals surface area contributed by atoms with Crippen molar-refractivity contribution in [3.63, 3.8) is 0 Å². The molecule has 0 aliphatic carbocycles. The number of halogens is 2. The van der Waals surface area contributed by atoms with Crippen molar-refractivity contribution in [2.24, 2.45) is 0 Å². The molecule has 1 amide bonds. The summed E-state index contributed by atoms with van der Waals surface area (Å²) in [6.07, 6.45) is 3.32. The monoisotopic (exact) mass is 448 g/mol. The average Bonchev–Trinajstić information content (AvgIpc) is 3.32. The van der Waals surface area contributed by atoms with Crippen LogP contribution < -0.4 is 0 Å². The third kappa shape index (κ3) is 3.22. The van der Waals surface area contributed by atoms with Crippen molar-refractivity contribution in [3.05, 3.63) is 99.7 Å². The summed E-state index contributed by atoms with van der Waals surface area (Å²) in [6.45, 7) is 2.01. The molecule has 0 spiro atoms. The molecule has 3 heterocycles. The third-order valence-electron chi connectivity index (χ3n) is 5.67. The molecular formula is C24H18ClFN4O2. The molecule has 4 aromatic rings. The molecule has 0 saturated heterocycles. The number of aromatic nitrogens is 3. The third-order valence-corrected chi connectivity index (χ3v) is 6.08. The van der Waals surface area contributed by atoms with Gasteiger partial charge in [0.05, 0.1) is 6.04 Å². The van der Waals surface area contributed by atoms with Crippen molar-refractivity contribution in [1.29, 1.82) is 0 Å². The van der Waals surface area contributed by atoms with E-state index in [0.29, 0.717) is 33.0 Å². The first-order valence-corrected chi connectivity index (χ1v) is 10.4. The number of carbonyl (C=O) groups excluding carboxylic acids is 1. The number of benzene rings is 2. The number of aromatic hydroxyl groups is 1. The van der Waals surface area contributed by atoms with E-state index < -0.39 is 11.9 Å². The first kappa shape index (κ1) is 20.2. The van der Waals surface area contributed by atoms with Crippen molar-refractivity contribution in [3.8, 4) is 17.0 Å². The number of phenolic OH excluding ortho intramolecular Hbond substituents is 1. The molecule has 1 aliphatic heterocycles. The van der Waals surface area contributed by atoms with Crippen molar-refractivity contribution < 1.29 is 14.3 Å². The molecule has 1 atom stereocenters. The summed E-state index contributed by atoms with van der Waals surface area (Å²) in [5.41, 5.74) is 3.34. The summed E-state index contributed by atoms with van der Waals surface area (Å²) in [4.78, 5) is 19.1. The minimum atomic E-state index is -0.743. The largest absolute Gasteiger partial charge is 0.507 e. The van der Waals surface area contributed by atoms with Gasteiger partial charge in [-0.1, -0.05) is 35.9 Å². The molecule has 8 heteroatoms. The maximum atomic E-state index is 15.0. The normalized spacial score (nSPS) is 15.3. The predicted molar refractivity (Wildman–Crippen MR) is 118 cm³/mol. The molecule has 5 rings (SSSR count). The second-order valence-corrected chi connectivity index (χ2v) is 8.11. The second-order valence-electron chi connectivity index (χ2n) is 7.70. The highest BCUT2D eigenvalue weighted by atomic mass is 35.5. The van der Waals surface area contributed by atoms with E-state index in [2.05, 4.69) is 15.2 Å². The smallest absolute Gasteiger partial charge is 0.273 e. The molecule has 0 fully saturated rings. The van der Waals surface area contributed by atoms with E-state index in [1.165, 1.54) is 6.07 Å². The van der Waals surface area contributed by atoms with Gasteiger partial charge in [-0.3, -0.25) is 14.9 Å². The number of H-pyrrole nitrogens is 1. The van der Waals surface area contributed by atoms with Gasteiger partial charge in [0, 0.05) is 40.7 Å². The molecular weight excluding hydrogens is 431 g/mol. The highest BCUT2D eigenvalue weighted by molar-refractivity contribution is 6.31. The fourth-order valence-corrected chi connectivity index (χ4v) is 4.29. The molecule has 2 aromatic carbocycles. The summed E-state index contributed by atoms with van der Waals surface area (Å²) in [6, 6.07) is 12.4. The molecule has 32 heavy (non-hydrogen) atoms. The molecule has 1 aliphatic rings. The zero-order valence-corrected chi connectivity index (χ0v) is 17.8. The topological polar surface area (TPSA) is 82.1 Å². The summed E-state index contributed by atoms with van der Waals surface area (Å²) < 4.78 is 15.0. The zero-order valence-electron chi connectivity index (χ0n) is 17.0. The lowest BCUT2D eigenvalue weighted by atomic mass is 9.95. The summed E-state index contributed by atoms with van der Waals surface area (Å²) in [5, 5.41) is 18.2. The van der Waals surface area contributed by atoms with Crippen LogP contribution in [0.25, 0.3) is 11.3 Å². The zero-order chi connectivity index (χ0) is 22.4.